The maximum Gasteiger partial charge on any atom is 0.309 e. The number of halogens is 1. The van der Waals surface area contributed by atoms with Crippen LogP contribution in [0.3, 0.4) is 0 Å². The first kappa shape index (κ1) is 21.9. The molecule has 5 heteroatoms. The average Bonchev–Trinajstić information content (AvgIpc) is 2.60. The van der Waals surface area contributed by atoms with Crippen molar-refractivity contribution in [3.63, 3.8) is 0 Å². The predicted octanol–water partition coefficient (Wildman–Crippen LogP) is 4.64. The second kappa shape index (κ2) is 13.2. The van der Waals surface area contributed by atoms with Gasteiger partial charge in [-0.3, -0.25) is 4.79 Å². The molecule has 3 N–H and O–H groups in total. The summed E-state index contributed by atoms with van der Waals surface area (Å²) in [5, 5.41) is 17.2. The van der Waals surface area contributed by atoms with Crippen LogP contribution in [0.4, 0.5) is 0 Å². The molecule has 25 heavy (non-hydrogen) atoms. The SMILES string of the molecule is CCCCCNCC(C(=O)O)C(NCCCCC)c1ccc(Cl)cc1. The predicted molar refractivity (Wildman–Crippen MR) is 105 cm³/mol. The van der Waals surface area contributed by atoms with Crippen LogP contribution in [0.2, 0.25) is 5.02 Å². The number of carbonyl (C=O) groups is 1. The van der Waals surface area contributed by atoms with Crippen LogP contribution in [0, 0.1) is 5.92 Å². The number of hydrogen-bond donors (Lipinski definition) is 3. The van der Waals surface area contributed by atoms with Gasteiger partial charge in [0.05, 0.1) is 5.92 Å². The van der Waals surface area contributed by atoms with Crippen molar-refractivity contribution in [2.24, 2.45) is 5.92 Å². The first-order chi connectivity index (χ1) is 12.1. The molecule has 0 saturated carbocycles. The van der Waals surface area contributed by atoms with E-state index in [2.05, 4.69) is 24.5 Å². The van der Waals surface area contributed by atoms with Crippen molar-refractivity contribution in [3.05, 3.63) is 34.9 Å². The van der Waals surface area contributed by atoms with Crippen molar-refractivity contribution in [2.45, 2.75) is 58.4 Å². The van der Waals surface area contributed by atoms with Crippen molar-refractivity contribution >= 4 is 17.6 Å². The van der Waals surface area contributed by atoms with Gasteiger partial charge in [-0.25, -0.2) is 0 Å². The molecule has 0 aliphatic heterocycles. The number of hydrogen-bond acceptors (Lipinski definition) is 3. The number of carboxylic acids is 1. The number of carboxylic acid groups (broad SMARTS) is 1. The molecule has 142 valence electrons. The summed E-state index contributed by atoms with van der Waals surface area (Å²) >= 11 is 5.99. The molecule has 2 unspecified atom stereocenters. The number of nitrogens with one attached hydrogen (secondary N) is 2. The standard InChI is InChI=1S/C20H33ClN2O2/c1-3-5-7-13-22-15-18(20(24)25)19(23-14-8-6-4-2)16-9-11-17(21)12-10-16/h9-12,18-19,22-23H,3-8,13-15H2,1-2H3,(H,24,25). The van der Waals surface area contributed by atoms with Crippen LogP contribution < -0.4 is 10.6 Å². The summed E-state index contributed by atoms with van der Waals surface area (Å²) < 4.78 is 0. The highest BCUT2D eigenvalue weighted by Crippen LogP contribution is 2.24. The van der Waals surface area contributed by atoms with Crippen molar-refractivity contribution in [1.29, 1.82) is 0 Å². The normalized spacial score (nSPS) is 13.6. The minimum absolute atomic E-state index is 0.217. The molecule has 0 spiro atoms. The van der Waals surface area contributed by atoms with Gasteiger partial charge in [0.15, 0.2) is 0 Å². The van der Waals surface area contributed by atoms with Crippen molar-refractivity contribution in [3.8, 4) is 0 Å². The molecule has 4 nitrogen and oxygen atoms in total. The molecule has 1 aromatic carbocycles. The van der Waals surface area contributed by atoms with Crippen LogP contribution in [0.25, 0.3) is 0 Å². The summed E-state index contributed by atoms with van der Waals surface area (Å²) in [6, 6.07) is 7.28. The van der Waals surface area contributed by atoms with E-state index in [4.69, 9.17) is 11.6 Å². The molecule has 0 aromatic heterocycles. The summed E-state index contributed by atoms with van der Waals surface area (Å²) in [5.74, 6) is -1.28. The highest BCUT2D eigenvalue weighted by atomic mass is 35.5. The quantitative estimate of drug-likeness (QED) is 0.418. The molecule has 1 aromatic rings. The summed E-state index contributed by atoms with van der Waals surface area (Å²) in [6.45, 7) is 6.47. The Morgan fingerprint density at radius 2 is 1.64 bits per heavy atom. The van der Waals surface area contributed by atoms with Gasteiger partial charge in [-0.15, -0.1) is 0 Å². The number of aliphatic carboxylic acids is 1. The Bertz CT molecular complexity index is 479. The van der Waals surface area contributed by atoms with Gasteiger partial charge in [0.25, 0.3) is 0 Å². The Hall–Kier alpha value is -1.10. The zero-order chi connectivity index (χ0) is 18.5. The molecule has 0 aliphatic carbocycles. The minimum Gasteiger partial charge on any atom is -0.481 e. The van der Waals surface area contributed by atoms with E-state index in [1.807, 2.05) is 24.3 Å². The Morgan fingerprint density at radius 1 is 1.04 bits per heavy atom. The van der Waals surface area contributed by atoms with Gasteiger partial charge in [-0.2, -0.15) is 0 Å². The Balaban J connectivity index is 2.76. The first-order valence-electron chi connectivity index (χ1n) is 9.52. The second-order valence-electron chi connectivity index (χ2n) is 6.55. The third kappa shape index (κ3) is 8.70. The van der Waals surface area contributed by atoms with E-state index in [-0.39, 0.29) is 6.04 Å². The number of unbranched alkanes of at least 4 members (excludes halogenated alkanes) is 4. The largest absolute Gasteiger partial charge is 0.481 e. The molecule has 0 amide bonds. The molecule has 0 bridgehead atoms. The van der Waals surface area contributed by atoms with E-state index in [1.54, 1.807) is 0 Å². The van der Waals surface area contributed by atoms with Gasteiger partial charge < -0.3 is 15.7 Å². The molecule has 2 atom stereocenters. The Kier molecular flexibility index (Phi) is 11.5. The maximum atomic E-state index is 11.9. The summed E-state index contributed by atoms with van der Waals surface area (Å²) in [4.78, 5) is 11.9. The zero-order valence-corrected chi connectivity index (χ0v) is 16.3. The lowest BCUT2D eigenvalue weighted by molar-refractivity contribution is -0.142. The highest BCUT2D eigenvalue weighted by Gasteiger charge is 2.28. The fourth-order valence-electron chi connectivity index (χ4n) is 2.90. The topological polar surface area (TPSA) is 61.4 Å². The minimum atomic E-state index is -0.772. The van der Waals surface area contributed by atoms with Crippen LogP contribution >= 0.6 is 11.6 Å². The number of benzene rings is 1. The lowest BCUT2D eigenvalue weighted by Crippen LogP contribution is -2.40. The molecule has 0 aliphatic rings. The van der Waals surface area contributed by atoms with Crippen LogP contribution in [0.5, 0.6) is 0 Å². The smallest absolute Gasteiger partial charge is 0.309 e. The maximum absolute atomic E-state index is 11.9. The van der Waals surface area contributed by atoms with Crippen LogP contribution in [0.15, 0.2) is 24.3 Å². The first-order valence-corrected chi connectivity index (χ1v) is 9.90. The molecule has 1 rings (SSSR count). The lowest BCUT2D eigenvalue weighted by Gasteiger charge is -2.26. The van der Waals surface area contributed by atoms with Gasteiger partial charge in [0, 0.05) is 17.6 Å². The van der Waals surface area contributed by atoms with Gasteiger partial charge in [-0.1, -0.05) is 63.3 Å². The molecule has 0 fully saturated rings. The van der Waals surface area contributed by atoms with E-state index >= 15 is 0 Å². The van der Waals surface area contributed by atoms with Gasteiger partial charge in [0.2, 0.25) is 0 Å². The van der Waals surface area contributed by atoms with E-state index in [0.717, 1.165) is 50.8 Å². The molecular weight excluding hydrogens is 336 g/mol. The average molecular weight is 369 g/mol. The number of rotatable bonds is 14. The summed E-state index contributed by atoms with van der Waals surface area (Å²) in [7, 11) is 0. The third-order valence-corrected chi connectivity index (χ3v) is 4.67. The Labute approximate surface area is 157 Å². The van der Waals surface area contributed by atoms with E-state index < -0.39 is 11.9 Å². The molecule has 0 radical (unpaired) electrons. The Morgan fingerprint density at radius 3 is 2.20 bits per heavy atom. The van der Waals surface area contributed by atoms with E-state index in [9.17, 15) is 9.90 Å². The van der Waals surface area contributed by atoms with Crippen LogP contribution in [0.1, 0.15) is 64.0 Å². The van der Waals surface area contributed by atoms with Crippen LogP contribution in [-0.2, 0) is 4.79 Å². The zero-order valence-electron chi connectivity index (χ0n) is 15.6. The molecule has 0 heterocycles. The fraction of sp³-hybridized carbons (Fsp3) is 0.650. The van der Waals surface area contributed by atoms with E-state index in [1.165, 1.54) is 6.42 Å². The van der Waals surface area contributed by atoms with Gasteiger partial charge >= 0.3 is 5.97 Å². The monoisotopic (exact) mass is 368 g/mol. The highest BCUT2D eigenvalue weighted by molar-refractivity contribution is 6.30. The van der Waals surface area contributed by atoms with Crippen molar-refractivity contribution in [1.82, 2.24) is 10.6 Å². The second-order valence-corrected chi connectivity index (χ2v) is 6.98. The molecular formula is C20H33ClN2O2. The third-order valence-electron chi connectivity index (χ3n) is 4.41. The summed E-state index contributed by atoms with van der Waals surface area (Å²) in [6.07, 6.45) is 6.76. The molecule has 0 saturated heterocycles. The fourth-order valence-corrected chi connectivity index (χ4v) is 3.03. The van der Waals surface area contributed by atoms with Crippen LogP contribution in [-0.4, -0.2) is 30.7 Å². The van der Waals surface area contributed by atoms with Crippen molar-refractivity contribution in [2.75, 3.05) is 19.6 Å². The van der Waals surface area contributed by atoms with Gasteiger partial charge in [0.1, 0.15) is 0 Å². The van der Waals surface area contributed by atoms with Crippen molar-refractivity contribution < 1.29 is 9.90 Å². The van der Waals surface area contributed by atoms with E-state index in [0.29, 0.717) is 11.6 Å². The lowest BCUT2D eigenvalue weighted by atomic mass is 9.92. The summed E-state index contributed by atoms with van der Waals surface area (Å²) in [5.41, 5.74) is 0.976. The van der Waals surface area contributed by atoms with Gasteiger partial charge in [-0.05, 0) is 43.6 Å².